The maximum Gasteiger partial charge on any atom is 0.257 e. The fourth-order valence-corrected chi connectivity index (χ4v) is 2.66. The van der Waals surface area contributed by atoms with Gasteiger partial charge in [-0.1, -0.05) is 0 Å². The first kappa shape index (κ1) is 14.6. The Morgan fingerprint density at radius 2 is 2.09 bits per heavy atom. The zero-order valence-corrected chi connectivity index (χ0v) is 12.8. The van der Waals surface area contributed by atoms with Crippen molar-refractivity contribution in [1.82, 2.24) is 14.9 Å². The highest BCUT2D eigenvalue weighted by atomic mass is 16.5. The lowest BCUT2D eigenvalue weighted by Crippen LogP contribution is -2.41. The SMILES string of the molecule is Cc1cc(OC2CCN(C(=O)c3ccoc3)CC2)nc(C)n1. The number of likely N-dealkylation sites (tertiary alicyclic amines) is 1. The number of rotatable bonds is 3. The summed E-state index contributed by atoms with van der Waals surface area (Å²) in [6.07, 6.45) is 4.68. The third-order valence-corrected chi connectivity index (χ3v) is 3.73. The van der Waals surface area contributed by atoms with E-state index in [4.69, 9.17) is 9.15 Å². The summed E-state index contributed by atoms with van der Waals surface area (Å²) in [6, 6.07) is 3.54. The molecule has 6 nitrogen and oxygen atoms in total. The molecule has 1 saturated heterocycles. The van der Waals surface area contributed by atoms with Gasteiger partial charge in [0.1, 0.15) is 18.2 Å². The molecule has 0 N–H and O–H groups in total. The molecule has 0 saturated carbocycles. The predicted molar refractivity (Wildman–Crippen MR) is 79.8 cm³/mol. The van der Waals surface area contributed by atoms with Gasteiger partial charge < -0.3 is 14.1 Å². The van der Waals surface area contributed by atoms with Gasteiger partial charge in [0.05, 0.1) is 11.8 Å². The largest absolute Gasteiger partial charge is 0.474 e. The molecule has 1 fully saturated rings. The number of ether oxygens (including phenoxy) is 1. The Balaban J connectivity index is 1.56. The van der Waals surface area contributed by atoms with Crippen LogP contribution in [0.25, 0.3) is 0 Å². The van der Waals surface area contributed by atoms with Crippen LogP contribution in [0.4, 0.5) is 0 Å². The van der Waals surface area contributed by atoms with Gasteiger partial charge in [-0.15, -0.1) is 0 Å². The summed E-state index contributed by atoms with van der Waals surface area (Å²) in [5.74, 6) is 1.34. The molecule has 1 amide bonds. The fourth-order valence-electron chi connectivity index (χ4n) is 2.66. The van der Waals surface area contributed by atoms with Crippen molar-refractivity contribution in [2.75, 3.05) is 13.1 Å². The van der Waals surface area contributed by atoms with E-state index in [0.29, 0.717) is 30.4 Å². The zero-order valence-electron chi connectivity index (χ0n) is 12.8. The molecule has 1 aliphatic rings. The van der Waals surface area contributed by atoms with Crippen LogP contribution in [0.1, 0.15) is 34.7 Å². The van der Waals surface area contributed by atoms with Crippen LogP contribution in [0.3, 0.4) is 0 Å². The van der Waals surface area contributed by atoms with Crippen molar-refractivity contribution in [3.05, 3.63) is 41.7 Å². The number of hydrogen-bond acceptors (Lipinski definition) is 5. The second-order valence-corrected chi connectivity index (χ2v) is 5.52. The highest BCUT2D eigenvalue weighted by Crippen LogP contribution is 2.19. The van der Waals surface area contributed by atoms with Crippen LogP contribution < -0.4 is 4.74 Å². The first-order chi connectivity index (χ1) is 10.6. The monoisotopic (exact) mass is 301 g/mol. The molecule has 22 heavy (non-hydrogen) atoms. The number of carbonyl (C=O) groups is 1. The number of carbonyl (C=O) groups excluding carboxylic acids is 1. The number of nitrogens with zero attached hydrogens (tertiary/aromatic N) is 3. The summed E-state index contributed by atoms with van der Waals surface area (Å²) < 4.78 is 10.9. The predicted octanol–water partition coefficient (Wildman–Crippen LogP) is 2.37. The number of hydrogen-bond donors (Lipinski definition) is 0. The van der Waals surface area contributed by atoms with Gasteiger partial charge in [-0.25, -0.2) is 4.98 Å². The van der Waals surface area contributed by atoms with E-state index >= 15 is 0 Å². The van der Waals surface area contributed by atoms with Crippen molar-refractivity contribution in [1.29, 1.82) is 0 Å². The van der Waals surface area contributed by atoms with Crippen LogP contribution in [0.15, 0.2) is 29.1 Å². The first-order valence-corrected chi connectivity index (χ1v) is 7.42. The average Bonchev–Trinajstić information content (AvgIpc) is 3.00. The van der Waals surface area contributed by atoms with Crippen LogP contribution in [0.5, 0.6) is 5.88 Å². The normalized spacial score (nSPS) is 15.8. The first-order valence-electron chi connectivity index (χ1n) is 7.42. The van der Waals surface area contributed by atoms with Crippen molar-refractivity contribution < 1.29 is 13.9 Å². The van der Waals surface area contributed by atoms with Gasteiger partial charge in [-0.3, -0.25) is 4.79 Å². The molecule has 0 bridgehead atoms. The lowest BCUT2D eigenvalue weighted by Gasteiger charge is -2.31. The Morgan fingerprint density at radius 3 is 2.73 bits per heavy atom. The number of amides is 1. The molecule has 0 radical (unpaired) electrons. The Hall–Kier alpha value is -2.37. The van der Waals surface area contributed by atoms with Gasteiger partial charge in [0.15, 0.2) is 0 Å². The average molecular weight is 301 g/mol. The standard InChI is InChI=1S/C16H19N3O3/c1-11-9-15(18-12(2)17-11)22-14-3-6-19(7-4-14)16(20)13-5-8-21-10-13/h5,8-10,14H,3-4,6-7H2,1-2H3. The number of aromatic nitrogens is 2. The van der Waals surface area contributed by atoms with Crippen LogP contribution in [-0.4, -0.2) is 40.0 Å². The van der Waals surface area contributed by atoms with Gasteiger partial charge >= 0.3 is 0 Å². The summed E-state index contributed by atoms with van der Waals surface area (Å²) in [7, 11) is 0. The maximum absolute atomic E-state index is 12.2. The molecule has 0 aliphatic carbocycles. The van der Waals surface area contributed by atoms with E-state index in [-0.39, 0.29) is 12.0 Å². The van der Waals surface area contributed by atoms with Crippen molar-refractivity contribution >= 4 is 5.91 Å². The maximum atomic E-state index is 12.2. The molecule has 0 spiro atoms. The highest BCUT2D eigenvalue weighted by molar-refractivity contribution is 5.93. The molecule has 1 aliphatic heterocycles. The molecule has 3 heterocycles. The minimum absolute atomic E-state index is 0.0147. The van der Waals surface area contributed by atoms with E-state index in [9.17, 15) is 4.79 Å². The Bertz CT molecular complexity index is 626. The second-order valence-electron chi connectivity index (χ2n) is 5.52. The van der Waals surface area contributed by atoms with E-state index < -0.39 is 0 Å². The fraction of sp³-hybridized carbons (Fsp3) is 0.438. The van der Waals surface area contributed by atoms with Gasteiger partial charge in [0.25, 0.3) is 5.91 Å². The van der Waals surface area contributed by atoms with Crippen molar-refractivity contribution in [3.8, 4) is 5.88 Å². The summed E-state index contributed by atoms with van der Waals surface area (Å²) in [5, 5.41) is 0. The van der Waals surface area contributed by atoms with Crippen molar-refractivity contribution in [2.24, 2.45) is 0 Å². The summed E-state index contributed by atoms with van der Waals surface area (Å²) in [6.45, 7) is 5.13. The molecule has 0 unspecified atom stereocenters. The lowest BCUT2D eigenvalue weighted by molar-refractivity contribution is 0.0586. The van der Waals surface area contributed by atoms with Crippen LogP contribution >= 0.6 is 0 Å². The molecule has 0 atom stereocenters. The van der Waals surface area contributed by atoms with Crippen LogP contribution in [0.2, 0.25) is 0 Å². The van der Waals surface area contributed by atoms with E-state index in [1.54, 1.807) is 6.07 Å². The number of piperidine rings is 1. The summed E-state index contributed by atoms with van der Waals surface area (Å²) in [5.41, 5.74) is 1.50. The molecule has 3 rings (SSSR count). The molecule has 6 heteroatoms. The van der Waals surface area contributed by atoms with Gasteiger partial charge in [-0.05, 0) is 19.9 Å². The Morgan fingerprint density at radius 1 is 1.32 bits per heavy atom. The third-order valence-electron chi connectivity index (χ3n) is 3.73. The van der Waals surface area contributed by atoms with Crippen LogP contribution in [-0.2, 0) is 0 Å². The van der Waals surface area contributed by atoms with E-state index in [2.05, 4.69) is 9.97 Å². The van der Waals surface area contributed by atoms with E-state index in [1.807, 2.05) is 24.8 Å². The molecular weight excluding hydrogens is 282 g/mol. The highest BCUT2D eigenvalue weighted by Gasteiger charge is 2.25. The lowest BCUT2D eigenvalue weighted by atomic mass is 10.1. The van der Waals surface area contributed by atoms with E-state index in [1.165, 1.54) is 12.5 Å². The van der Waals surface area contributed by atoms with Gasteiger partial charge in [-0.2, -0.15) is 4.98 Å². The topological polar surface area (TPSA) is 68.5 Å². The quantitative estimate of drug-likeness (QED) is 0.870. The van der Waals surface area contributed by atoms with E-state index in [0.717, 1.165) is 18.5 Å². The summed E-state index contributed by atoms with van der Waals surface area (Å²) >= 11 is 0. The molecule has 2 aromatic rings. The molecule has 2 aromatic heterocycles. The number of aryl methyl sites for hydroxylation is 2. The van der Waals surface area contributed by atoms with Crippen molar-refractivity contribution in [2.45, 2.75) is 32.8 Å². The minimum Gasteiger partial charge on any atom is -0.474 e. The molecular formula is C16H19N3O3. The third kappa shape index (κ3) is 3.27. The van der Waals surface area contributed by atoms with Crippen LogP contribution in [0, 0.1) is 13.8 Å². The molecule has 116 valence electrons. The minimum atomic E-state index is 0.0147. The Labute approximate surface area is 129 Å². The van der Waals surface area contributed by atoms with Crippen molar-refractivity contribution in [3.63, 3.8) is 0 Å². The number of furan rings is 1. The van der Waals surface area contributed by atoms with Gasteiger partial charge in [0.2, 0.25) is 5.88 Å². The smallest absolute Gasteiger partial charge is 0.257 e. The Kier molecular flexibility index (Phi) is 4.09. The van der Waals surface area contributed by atoms with Gasteiger partial charge in [0, 0.05) is 37.7 Å². The molecule has 0 aromatic carbocycles. The summed E-state index contributed by atoms with van der Waals surface area (Å²) in [4.78, 5) is 22.6. The zero-order chi connectivity index (χ0) is 15.5. The second kappa shape index (κ2) is 6.17.